The first-order chi connectivity index (χ1) is 13.0. The van der Waals surface area contributed by atoms with Gasteiger partial charge in [0.1, 0.15) is 0 Å². The first-order valence-corrected chi connectivity index (χ1v) is 9.37. The number of hydrogen-bond acceptors (Lipinski definition) is 2. The van der Waals surface area contributed by atoms with Crippen LogP contribution < -0.4 is 10.6 Å². The Labute approximate surface area is 189 Å². The molecule has 0 radical (unpaired) electrons. The van der Waals surface area contributed by atoms with E-state index >= 15 is 0 Å². The fourth-order valence-electron chi connectivity index (χ4n) is 2.64. The van der Waals surface area contributed by atoms with Crippen LogP contribution in [0.1, 0.15) is 21.5 Å². The van der Waals surface area contributed by atoms with Gasteiger partial charge in [-0.2, -0.15) is 0 Å². The van der Waals surface area contributed by atoms with Gasteiger partial charge in [-0.05, 0) is 48.2 Å². The van der Waals surface area contributed by atoms with Crippen LogP contribution in [0, 0.1) is 0 Å². The number of benzene rings is 2. The lowest BCUT2D eigenvalue weighted by atomic mass is 10.1. The minimum Gasteiger partial charge on any atom is -0.356 e. The van der Waals surface area contributed by atoms with Gasteiger partial charge in [-0.1, -0.05) is 35.9 Å². The van der Waals surface area contributed by atoms with Gasteiger partial charge in [0.05, 0.1) is 0 Å². The molecule has 0 aromatic heterocycles. The minimum atomic E-state index is 0. The van der Waals surface area contributed by atoms with E-state index in [1.807, 2.05) is 48.5 Å². The Balaban J connectivity index is 0.00000392. The quantitative estimate of drug-likeness (QED) is 0.337. The van der Waals surface area contributed by atoms with Crippen molar-refractivity contribution in [3.05, 3.63) is 70.2 Å². The zero-order valence-corrected chi connectivity index (χ0v) is 19.6. The number of aliphatic imine (C=N–C) groups is 1. The van der Waals surface area contributed by atoms with Crippen LogP contribution in [-0.2, 0) is 12.8 Å². The molecule has 7 heteroatoms. The van der Waals surface area contributed by atoms with Crippen molar-refractivity contribution in [2.24, 2.45) is 4.99 Å². The molecule has 0 spiro atoms. The SMILES string of the molecule is CN=C(NCCc1ccc(Cl)cc1)NCCc1cccc(C(=O)N(C)C)c1.I. The molecule has 152 valence electrons. The van der Waals surface area contributed by atoms with Gasteiger partial charge in [-0.25, -0.2) is 0 Å². The van der Waals surface area contributed by atoms with Crippen LogP contribution >= 0.6 is 35.6 Å². The molecule has 0 aliphatic carbocycles. The highest BCUT2D eigenvalue weighted by Crippen LogP contribution is 2.09. The summed E-state index contributed by atoms with van der Waals surface area (Å²) in [6, 6.07) is 15.6. The van der Waals surface area contributed by atoms with E-state index in [1.165, 1.54) is 5.56 Å². The summed E-state index contributed by atoms with van der Waals surface area (Å²) in [7, 11) is 5.28. The molecule has 0 bridgehead atoms. The largest absolute Gasteiger partial charge is 0.356 e. The van der Waals surface area contributed by atoms with Crippen molar-refractivity contribution in [1.82, 2.24) is 15.5 Å². The third kappa shape index (κ3) is 8.06. The Morgan fingerprint density at radius 3 is 2.18 bits per heavy atom. The van der Waals surface area contributed by atoms with E-state index in [2.05, 4.69) is 15.6 Å². The van der Waals surface area contributed by atoms with E-state index in [-0.39, 0.29) is 29.9 Å². The van der Waals surface area contributed by atoms with Gasteiger partial charge in [0, 0.05) is 44.8 Å². The van der Waals surface area contributed by atoms with Gasteiger partial charge in [0.25, 0.3) is 5.91 Å². The smallest absolute Gasteiger partial charge is 0.253 e. The number of hydrogen-bond donors (Lipinski definition) is 2. The molecule has 0 aliphatic rings. The lowest BCUT2D eigenvalue weighted by molar-refractivity contribution is 0.0827. The lowest BCUT2D eigenvalue weighted by Gasteiger charge is -2.13. The number of halogens is 2. The van der Waals surface area contributed by atoms with Gasteiger partial charge in [0.2, 0.25) is 0 Å². The molecule has 0 saturated heterocycles. The number of nitrogens with one attached hydrogen (secondary N) is 2. The number of carbonyl (C=O) groups is 1. The molecule has 5 nitrogen and oxygen atoms in total. The van der Waals surface area contributed by atoms with Crippen molar-refractivity contribution in [2.45, 2.75) is 12.8 Å². The van der Waals surface area contributed by atoms with Crippen molar-refractivity contribution < 1.29 is 4.79 Å². The molecule has 2 aromatic carbocycles. The number of nitrogens with zero attached hydrogens (tertiary/aromatic N) is 2. The molecule has 2 rings (SSSR count). The van der Waals surface area contributed by atoms with Crippen molar-refractivity contribution in [3.63, 3.8) is 0 Å². The summed E-state index contributed by atoms with van der Waals surface area (Å²) in [5.74, 6) is 0.786. The highest BCUT2D eigenvalue weighted by molar-refractivity contribution is 14.0. The highest BCUT2D eigenvalue weighted by Gasteiger charge is 2.08. The van der Waals surface area contributed by atoms with Gasteiger partial charge in [-0.15, -0.1) is 24.0 Å². The molecule has 0 unspecified atom stereocenters. The van der Waals surface area contributed by atoms with Crippen LogP contribution in [-0.4, -0.2) is 51.0 Å². The maximum atomic E-state index is 12.1. The minimum absolute atomic E-state index is 0. The Morgan fingerprint density at radius 2 is 1.61 bits per heavy atom. The van der Waals surface area contributed by atoms with Crippen LogP contribution in [0.4, 0.5) is 0 Å². The molecule has 0 atom stereocenters. The number of carbonyl (C=O) groups excluding carboxylic acids is 1. The molecule has 1 amide bonds. The third-order valence-electron chi connectivity index (χ3n) is 4.13. The van der Waals surface area contributed by atoms with E-state index in [9.17, 15) is 4.79 Å². The van der Waals surface area contributed by atoms with E-state index in [0.717, 1.165) is 42.5 Å². The molecular weight excluding hydrogens is 487 g/mol. The molecule has 28 heavy (non-hydrogen) atoms. The average molecular weight is 515 g/mol. The van der Waals surface area contributed by atoms with Gasteiger partial charge in [0.15, 0.2) is 5.96 Å². The molecule has 0 fully saturated rings. The molecule has 0 aliphatic heterocycles. The Kier molecular flexibility index (Phi) is 10.9. The number of rotatable bonds is 7. The number of amides is 1. The van der Waals surface area contributed by atoms with Gasteiger partial charge >= 0.3 is 0 Å². The maximum absolute atomic E-state index is 12.1. The molecule has 0 heterocycles. The Hall–Kier alpha value is -1.80. The van der Waals surface area contributed by atoms with Crippen LogP contribution in [0.5, 0.6) is 0 Å². The van der Waals surface area contributed by atoms with Crippen molar-refractivity contribution in [1.29, 1.82) is 0 Å². The monoisotopic (exact) mass is 514 g/mol. The third-order valence-corrected chi connectivity index (χ3v) is 4.38. The van der Waals surface area contributed by atoms with E-state index in [0.29, 0.717) is 5.56 Å². The Morgan fingerprint density at radius 1 is 1.00 bits per heavy atom. The van der Waals surface area contributed by atoms with Gasteiger partial charge < -0.3 is 15.5 Å². The zero-order chi connectivity index (χ0) is 19.6. The summed E-state index contributed by atoms with van der Waals surface area (Å²) < 4.78 is 0. The standard InChI is InChI=1S/C21H27ClN4O.HI/c1-23-21(24-13-11-16-7-9-19(22)10-8-16)25-14-12-17-5-4-6-18(15-17)20(27)26(2)3;/h4-10,15H,11-14H2,1-3H3,(H2,23,24,25);1H. The van der Waals surface area contributed by atoms with Crippen LogP contribution in [0.25, 0.3) is 0 Å². The lowest BCUT2D eigenvalue weighted by Crippen LogP contribution is -2.39. The molecule has 2 aromatic rings. The predicted octanol–water partition coefficient (Wildman–Crippen LogP) is 3.61. The van der Waals surface area contributed by atoms with Crippen molar-refractivity contribution in [2.75, 3.05) is 34.2 Å². The van der Waals surface area contributed by atoms with E-state index < -0.39 is 0 Å². The summed E-state index contributed by atoms with van der Waals surface area (Å²) in [6.07, 6.45) is 1.71. The summed E-state index contributed by atoms with van der Waals surface area (Å²) in [6.45, 7) is 1.52. The second kappa shape index (κ2) is 12.6. The molecule has 2 N–H and O–H groups in total. The topological polar surface area (TPSA) is 56.7 Å². The second-order valence-corrected chi connectivity index (χ2v) is 6.89. The second-order valence-electron chi connectivity index (χ2n) is 6.45. The predicted molar refractivity (Wildman–Crippen MR) is 128 cm³/mol. The number of guanidine groups is 1. The Bertz CT molecular complexity index is 778. The van der Waals surface area contributed by atoms with E-state index in [4.69, 9.17) is 11.6 Å². The first-order valence-electron chi connectivity index (χ1n) is 8.99. The van der Waals surface area contributed by atoms with E-state index in [1.54, 1.807) is 26.0 Å². The van der Waals surface area contributed by atoms with Crippen molar-refractivity contribution >= 4 is 47.4 Å². The maximum Gasteiger partial charge on any atom is 0.253 e. The average Bonchev–Trinajstić information content (AvgIpc) is 2.67. The summed E-state index contributed by atoms with van der Waals surface area (Å²) >= 11 is 5.90. The van der Waals surface area contributed by atoms with Crippen LogP contribution in [0.3, 0.4) is 0 Å². The van der Waals surface area contributed by atoms with Crippen molar-refractivity contribution in [3.8, 4) is 0 Å². The summed E-state index contributed by atoms with van der Waals surface area (Å²) in [4.78, 5) is 17.9. The van der Waals surface area contributed by atoms with Gasteiger partial charge in [-0.3, -0.25) is 9.79 Å². The normalized spacial score (nSPS) is 10.8. The van der Waals surface area contributed by atoms with Crippen LogP contribution in [0.15, 0.2) is 53.5 Å². The first kappa shape index (κ1) is 24.2. The highest BCUT2D eigenvalue weighted by atomic mass is 127. The fourth-order valence-corrected chi connectivity index (χ4v) is 2.77. The van der Waals surface area contributed by atoms with Crippen LogP contribution in [0.2, 0.25) is 5.02 Å². The summed E-state index contributed by atoms with van der Waals surface area (Å²) in [5, 5.41) is 7.37. The summed E-state index contributed by atoms with van der Waals surface area (Å²) in [5.41, 5.74) is 3.06. The molecule has 0 saturated carbocycles. The molecular formula is C21H28ClIN4O. The zero-order valence-electron chi connectivity index (χ0n) is 16.5. The fraction of sp³-hybridized carbons (Fsp3) is 0.333.